The van der Waals surface area contributed by atoms with E-state index in [1.54, 1.807) is 12.4 Å². The van der Waals surface area contributed by atoms with Gasteiger partial charge in [0.05, 0.1) is 6.54 Å². The molecular formula is C10H16N4O2S. The standard InChI is InChI=1S/C10H16N4O2S/c1-3-14(2)9(15)5-12-10(16)7-6-17-8(4-11)13-7/h6H,3-5,11H2,1-2H3,(H,12,16). The largest absolute Gasteiger partial charge is 0.345 e. The Morgan fingerprint density at radius 3 is 2.82 bits per heavy atom. The number of aromatic nitrogens is 1. The van der Waals surface area contributed by atoms with Crippen LogP contribution in [0.4, 0.5) is 0 Å². The third-order valence-electron chi connectivity index (χ3n) is 2.26. The molecule has 0 aliphatic rings. The number of amides is 2. The van der Waals surface area contributed by atoms with Crippen molar-refractivity contribution in [1.82, 2.24) is 15.2 Å². The second-order valence-electron chi connectivity index (χ2n) is 3.42. The molecule has 0 spiro atoms. The fourth-order valence-electron chi connectivity index (χ4n) is 1.07. The van der Waals surface area contributed by atoms with Crippen molar-refractivity contribution in [3.63, 3.8) is 0 Å². The van der Waals surface area contributed by atoms with Crippen LogP contribution in [0.15, 0.2) is 5.38 Å². The third kappa shape index (κ3) is 3.79. The van der Waals surface area contributed by atoms with Crippen molar-refractivity contribution in [3.05, 3.63) is 16.1 Å². The third-order valence-corrected chi connectivity index (χ3v) is 3.13. The SMILES string of the molecule is CCN(C)C(=O)CNC(=O)c1csc(CN)n1. The lowest BCUT2D eigenvalue weighted by Gasteiger charge is -2.14. The van der Waals surface area contributed by atoms with Crippen molar-refractivity contribution >= 4 is 23.2 Å². The first kappa shape index (κ1) is 13.6. The fourth-order valence-corrected chi connectivity index (χ4v) is 1.72. The minimum absolute atomic E-state index is 0.0152. The molecule has 1 rings (SSSR count). The van der Waals surface area contributed by atoms with E-state index in [4.69, 9.17) is 5.73 Å². The van der Waals surface area contributed by atoms with E-state index in [1.165, 1.54) is 16.2 Å². The maximum atomic E-state index is 11.6. The molecule has 7 heteroatoms. The Labute approximate surface area is 104 Å². The molecule has 17 heavy (non-hydrogen) atoms. The number of hydrogen-bond acceptors (Lipinski definition) is 5. The minimum Gasteiger partial charge on any atom is -0.345 e. The van der Waals surface area contributed by atoms with Gasteiger partial charge < -0.3 is 16.0 Å². The molecule has 0 atom stereocenters. The summed E-state index contributed by atoms with van der Waals surface area (Å²) in [5.41, 5.74) is 5.71. The molecule has 0 saturated heterocycles. The molecule has 3 N–H and O–H groups in total. The summed E-state index contributed by atoms with van der Waals surface area (Å²) in [5, 5.41) is 4.86. The maximum Gasteiger partial charge on any atom is 0.271 e. The lowest BCUT2D eigenvalue weighted by atomic mass is 10.4. The van der Waals surface area contributed by atoms with Gasteiger partial charge in [0, 0.05) is 25.5 Å². The van der Waals surface area contributed by atoms with Gasteiger partial charge in [0.25, 0.3) is 5.91 Å². The van der Waals surface area contributed by atoms with Crippen LogP contribution in [0.5, 0.6) is 0 Å². The number of carbonyl (C=O) groups excluding carboxylic acids is 2. The van der Waals surface area contributed by atoms with Crippen molar-refractivity contribution in [2.75, 3.05) is 20.1 Å². The van der Waals surface area contributed by atoms with Gasteiger partial charge in [-0.1, -0.05) is 0 Å². The molecule has 2 amide bonds. The highest BCUT2D eigenvalue weighted by molar-refractivity contribution is 7.09. The Hall–Kier alpha value is -1.47. The van der Waals surface area contributed by atoms with E-state index in [0.29, 0.717) is 23.8 Å². The number of likely N-dealkylation sites (N-methyl/N-ethyl adjacent to an activating group) is 1. The zero-order valence-electron chi connectivity index (χ0n) is 9.90. The Morgan fingerprint density at radius 2 is 2.29 bits per heavy atom. The van der Waals surface area contributed by atoms with Crippen LogP contribution in [0, 0.1) is 0 Å². The maximum absolute atomic E-state index is 11.6. The molecule has 0 radical (unpaired) electrons. The highest BCUT2D eigenvalue weighted by atomic mass is 32.1. The normalized spacial score (nSPS) is 10.1. The van der Waals surface area contributed by atoms with Crippen molar-refractivity contribution in [2.45, 2.75) is 13.5 Å². The molecule has 6 nitrogen and oxygen atoms in total. The molecule has 0 fully saturated rings. The molecule has 0 aliphatic heterocycles. The quantitative estimate of drug-likeness (QED) is 0.764. The zero-order chi connectivity index (χ0) is 12.8. The van der Waals surface area contributed by atoms with Gasteiger partial charge >= 0.3 is 0 Å². The molecule has 0 aromatic carbocycles. The summed E-state index contributed by atoms with van der Waals surface area (Å²) in [6, 6.07) is 0. The van der Waals surface area contributed by atoms with Crippen LogP contribution in [0.2, 0.25) is 0 Å². The van der Waals surface area contributed by atoms with Gasteiger partial charge in [0.15, 0.2) is 0 Å². The summed E-state index contributed by atoms with van der Waals surface area (Å²) in [7, 11) is 1.68. The molecule has 94 valence electrons. The summed E-state index contributed by atoms with van der Waals surface area (Å²) < 4.78 is 0. The van der Waals surface area contributed by atoms with E-state index < -0.39 is 0 Å². The predicted octanol–water partition coefficient (Wildman–Crippen LogP) is -0.190. The molecule has 0 saturated carbocycles. The Bertz CT molecular complexity index is 405. The molecule has 1 aromatic heterocycles. The van der Waals surface area contributed by atoms with E-state index in [2.05, 4.69) is 10.3 Å². The van der Waals surface area contributed by atoms with Crippen molar-refractivity contribution in [3.8, 4) is 0 Å². The lowest BCUT2D eigenvalue weighted by Crippen LogP contribution is -2.38. The monoisotopic (exact) mass is 256 g/mol. The lowest BCUT2D eigenvalue weighted by molar-refractivity contribution is -0.128. The Kier molecular flexibility index (Phi) is 5.05. The van der Waals surface area contributed by atoms with Crippen LogP contribution in [0.1, 0.15) is 22.4 Å². The Morgan fingerprint density at radius 1 is 1.59 bits per heavy atom. The summed E-state index contributed by atoms with van der Waals surface area (Å²) in [6.45, 7) is 2.78. The van der Waals surface area contributed by atoms with Crippen LogP contribution in [-0.2, 0) is 11.3 Å². The first-order chi connectivity index (χ1) is 8.08. The van der Waals surface area contributed by atoms with Gasteiger partial charge in [-0.2, -0.15) is 0 Å². The van der Waals surface area contributed by atoms with Gasteiger partial charge in [0.2, 0.25) is 5.91 Å². The van der Waals surface area contributed by atoms with Gasteiger partial charge in [-0.05, 0) is 6.92 Å². The minimum atomic E-state index is -0.348. The van der Waals surface area contributed by atoms with Gasteiger partial charge in [-0.15, -0.1) is 11.3 Å². The number of nitrogens with zero attached hydrogens (tertiary/aromatic N) is 2. The van der Waals surface area contributed by atoms with E-state index in [9.17, 15) is 9.59 Å². The molecule has 1 heterocycles. The smallest absolute Gasteiger partial charge is 0.271 e. The number of nitrogens with two attached hydrogens (primary N) is 1. The molecule has 0 bridgehead atoms. The second kappa shape index (κ2) is 6.31. The van der Waals surface area contributed by atoms with Gasteiger partial charge in [-0.3, -0.25) is 9.59 Å². The molecular weight excluding hydrogens is 240 g/mol. The highest BCUT2D eigenvalue weighted by Crippen LogP contribution is 2.08. The first-order valence-electron chi connectivity index (χ1n) is 5.25. The average molecular weight is 256 g/mol. The van der Waals surface area contributed by atoms with Crippen LogP contribution >= 0.6 is 11.3 Å². The van der Waals surface area contributed by atoms with Crippen molar-refractivity contribution in [2.24, 2.45) is 5.73 Å². The zero-order valence-corrected chi connectivity index (χ0v) is 10.7. The van der Waals surface area contributed by atoms with Crippen molar-refractivity contribution < 1.29 is 9.59 Å². The van der Waals surface area contributed by atoms with Crippen molar-refractivity contribution in [1.29, 1.82) is 0 Å². The van der Waals surface area contributed by atoms with E-state index in [0.717, 1.165) is 0 Å². The van der Waals surface area contributed by atoms with Crippen LogP contribution in [0.3, 0.4) is 0 Å². The van der Waals surface area contributed by atoms with Gasteiger partial charge in [0.1, 0.15) is 10.7 Å². The molecule has 1 aromatic rings. The van der Waals surface area contributed by atoms with E-state index >= 15 is 0 Å². The number of carbonyl (C=O) groups is 2. The van der Waals surface area contributed by atoms with E-state index in [1.807, 2.05) is 6.92 Å². The second-order valence-corrected chi connectivity index (χ2v) is 4.36. The van der Waals surface area contributed by atoms with Crippen LogP contribution in [-0.4, -0.2) is 41.8 Å². The predicted molar refractivity (Wildman–Crippen MR) is 65.6 cm³/mol. The molecule has 0 aliphatic carbocycles. The average Bonchev–Trinajstić information content (AvgIpc) is 2.83. The first-order valence-corrected chi connectivity index (χ1v) is 6.13. The summed E-state index contributed by atoms with van der Waals surface area (Å²) in [4.78, 5) is 28.6. The van der Waals surface area contributed by atoms with Gasteiger partial charge in [-0.25, -0.2) is 4.98 Å². The van der Waals surface area contributed by atoms with Crippen LogP contribution in [0.25, 0.3) is 0 Å². The number of hydrogen-bond donors (Lipinski definition) is 2. The number of thiazole rings is 1. The Balaban J connectivity index is 2.47. The van der Waals surface area contributed by atoms with Crippen LogP contribution < -0.4 is 11.1 Å². The number of rotatable bonds is 5. The summed E-state index contributed by atoms with van der Waals surface area (Å²) in [6.07, 6.45) is 0. The summed E-state index contributed by atoms with van der Waals surface area (Å²) >= 11 is 1.33. The van der Waals surface area contributed by atoms with E-state index in [-0.39, 0.29) is 18.4 Å². The highest BCUT2D eigenvalue weighted by Gasteiger charge is 2.12. The number of nitrogens with one attached hydrogen (secondary N) is 1. The topological polar surface area (TPSA) is 88.3 Å². The fraction of sp³-hybridized carbons (Fsp3) is 0.500. The molecule has 0 unspecified atom stereocenters. The summed E-state index contributed by atoms with van der Waals surface area (Å²) in [5.74, 6) is -0.478.